The number of halogens is 1. The number of aromatic nitrogens is 1. The number of carbonyl (C=O) groups is 1. The lowest BCUT2D eigenvalue weighted by molar-refractivity contribution is -0.146. The first-order chi connectivity index (χ1) is 8.65. The van der Waals surface area contributed by atoms with Crippen LogP contribution in [-0.4, -0.2) is 17.6 Å². The summed E-state index contributed by atoms with van der Waals surface area (Å²) in [4.78, 5) is 16.6. The van der Waals surface area contributed by atoms with Crippen LogP contribution in [-0.2, 0) is 14.9 Å². The van der Waals surface area contributed by atoms with Crippen LogP contribution in [0.3, 0.4) is 0 Å². The maximum absolute atomic E-state index is 12.0. The standard InChI is InChI=1S/C13H12BrNO2S/c1-2-17-12(16)13(5-6-13)11-15-9-7-8(14)3-4-10(9)18-11/h3-4,7H,2,5-6H2,1H3. The Hall–Kier alpha value is -0.940. The first kappa shape index (κ1) is 12.1. The number of carbonyl (C=O) groups excluding carboxylic acids is 1. The minimum Gasteiger partial charge on any atom is -0.465 e. The van der Waals surface area contributed by atoms with Crippen LogP contribution in [0.5, 0.6) is 0 Å². The van der Waals surface area contributed by atoms with Gasteiger partial charge in [-0.2, -0.15) is 0 Å². The second kappa shape index (κ2) is 4.31. The van der Waals surface area contributed by atoms with E-state index in [0.717, 1.165) is 32.5 Å². The van der Waals surface area contributed by atoms with Gasteiger partial charge in [-0.05, 0) is 38.0 Å². The van der Waals surface area contributed by atoms with E-state index in [1.54, 1.807) is 11.3 Å². The first-order valence-electron chi connectivity index (χ1n) is 5.89. The zero-order chi connectivity index (χ0) is 12.8. The van der Waals surface area contributed by atoms with E-state index in [0.29, 0.717) is 6.61 Å². The summed E-state index contributed by atoms with van der Waals surface area (Å²) in [6, 6.07) is 6.01. The molecule has 1 aromatic carbocycles. The predicted molar refractivity (Wildman–Crippen MR) is 74.9 cm³/mol. The number of ether oxygens (including phenoxy) is 1. The van der Waals surface area contributed by atoms with Gasteiger partial charge >= 0.3 is 5.97 Å². The lowest BCUT2D eigenvalue weighted by Gasteiger charge is -2.09. The number of nitrogens with zero attached hydrogens (tertiary/aromatic N) is 1. The maximum atomic E-state index is 12.0. The van der Waals surface area contributed by atoms with Crippen LogP contribution in [0.1, 0.15) is 24.8 Å². The third kappa shape index (κ3) is 1.86. The average Bonchev–Trinajstić information content (AvgIpc) is 3.05. The lowest BCUT2D eigenvalue weighted by atomic mass is 10.1. The molecule has 0 amide bonds. The third-order valence-corrected chi connectivity index (χ3v) is 4.91. The predicted octanol–water partition coefficient (Wildman–Crippen LogP) is 3.65. The van der Waals surface area contributed by atoms with E-state index in [-0.39, 0.29) is 5.97 Å². The number of rotatable bonds is 3. The lowest BCUT2D eigenvalue weighted by Crippen LogP contribution is -2.22. The Morgan fingerprint density at radius 1 is 1.56 bits per heavy atom. The van der Waals surface area contributed by atoms with Crippen LogP contribution in [0.4, 0.5) is 0 Å². The molecule has 2 aromatic rings. The van der Waals surface area contributed by atoms with Gasteiger partial charge in [0, 0.05) is 4.47 Å². The molecule has 18 heavy (non-hydrogen) atoms. The molecule has 5 heteroatoms. The molecule has 1 aromatic heterocycles. The summed E-state index contributed by atoms with van der Waals surface area (Å²) in [5, 5.41) is 0.897. The molecule has 0 atom stereocenters. The Balaban J connectivity index is 2.02. The molecular formula is C13H12BrNO2S. The highest BCUT2D eigenvalue weighted by atomic mass is 79.9. The molecule has 3 rings (SSSR count). The number of esters is 1. The molecule has 94 valence electrons. The summed E-state index contributed by atoms with van der Waals surface area (Å²) in [5.74, 6) is -0.122. The van der Waals surface area contributed by atoms with Crippen molar-refractivity contribution >= 4 is 43.5 Å². The van der Waals surface area contributed by atoms with Crippen molar-refractivity contribution in [2.45, 2.75) is 25.2 Å². The molecule has 1 aliphatic carbocycles. The van der Waals surface area contributed by atoms with Crippen molar-refractivity contribution in [2.75, 3.05) is 6.61 Å². The van der Waals surface area contributed by atoms with Gasteiger partial charge in [-0.25, -0.2) is 4.98 Å². The quantitative estimate of drug-likeness (QED) is 0.808. The molecule has 0 N–H and O–H groups in total. The first-order valence-corrected chi connectivity index (χ1v) is 7.50. The number of hydrogen-bond acceptors (Lipinski definition) is 4. The van der Waals surface area contributed by atoms with Crippen LogP contribution in [0.2, 0.25) is 0 Å². The van der Waals surface area contributed by atoms with Crippen LogP contribution >= 0.6 is 27.3 Å². The summed E-state index contributed by atoms with van der Waals surface area (Å²) >= 11 is 5.03. The van der Waals surface area contributed by atoms with Gasteiger partial charge in [0.1, 0.15) is 10.4 Å². The van der Waals surface area contributed by atoms with Crippen molar-refractivity contribution in [3.8, 4) is 0 Å². The minimum absolute atomic E-state index is 0.122. The second-order valence-electron chi connectivity index (χ2n) is 4.43. The largest absolute Gasteiger partial charge is 0.465 e. The fourth-order valence-electron chi connectivity index (χ4n) is 2.00. The van der Waals surface area contributed by atoms with E-state index in [1.807, 2.05) is 25.1 Å². The van der Waals surface area contributed by atoms with Crippen molar-refractivity contribution in [2.24, 2.45) is 0 Å². The molecule has 1 fully saturated rings. The zero-order valence-electron chi connectivity index (χ0n) is 9.90. The molecule has 3 nitrogen and oxygen atoms in total. The topological polar surface area (TPSA) is 39.2 Å². The highest BCUT2D eigenvalue weighted by Gasteiger charge is 2.55. The monoisotopic (exact) mass is 325 g/mol. The molecule has 1 aliphatic rings. The minimum atomic E-state index is -0.452. The van der Waals surface area contributed by atoms with Crippen LogP contribution in [0.15, 0.2) is 22.7 Å². The zero-order valence-corrected chi connectivity index (χ0v) is 12.3. The van der Waals surface area contributed by atoms with Gasteiger partial charge in [0.05, 0.1) is 16.8 Å². The van der Waals surface area contributed by atoms with Crippen LogP contribution < -0.4 is 0 Å². The Kier molecular flexibility index (Phi) is 2.90. The van der Waals surface area contributed by atoms with Gasteiger partial charge in [-0.15, -0.1) is 11.3 Å². The highest BCUT2D eigenvalue weighted by Crippen LogP contribution is 2.51. The normalized spacial score (nSPS) is 16.8. The molecule has 0 unspecified atom stereocenters. The van der Waals surface area contributed by atoms with E-state index in [1.165, 1.54) is 0 Å². The summed E-state index contributed by atoms with van der Waals surface area (Å²) in [6.45, 7) is 2.26. The van der Waals surface area contributed by atoms with Gasteiger partial charge in [0.25, 0.3) is 0 Å². The van der Waals surface area contributed by atoms with E-state index in [9.17, 15) is 4.79 Å². The second-order valence-corrected chi connectivity index (χ2v) is 6.38. The molecule has 1 saturated carbocycles. The van der Waals surface area contributed by atoms with Gasteiger partial charge in [-0.3, -0.25) is 4.79 Å². The summed E-state index contributed by atoms with van der Waals surface area (Å²) in [7, 11) is 0. The van der Waals surface area contributed by atoms with Crippen LogP contribution in [0.25, 0.3) is 10.2 Å². The molecule has 0 spiro atoms. The van der Waals surface area contributed by atoms with E-state index >= 15 is 0 Å². The van der Waals surface area contributed by atoms with Crippen molar-refractivity contribution in [1.82, 2.24) is 4.98 Å². The summed E-state index contributed by atoms with van der Waals surface area (Å²) < 4.78 is 7.28. The van der Waals surface area contributed by atoms with Gasteiger partial charge in [-0.1, -0.05) is 15.9 Å². The highest BCUT2D eigenvalue weighted by molar-refractivity contribution is 9.10. The van der Waals surface area contributed by atoms with Crippen LogP contribution in [0, 0.1) is 0 Å². The molecule has 0 aliphatic heterocycles. The van der Waals surface area contributed by atoms with Crippen molar-refractivity contribution in [3.63, 3.8) is 0 Å². The third-order valence-electron chi connectivity index (χ3n) is 3.18. The van der Waals surface area contributed by atoms with E-state index in [2.05, 4.69) is 20.9 Å². The molecule has 0 bridgehead atoms. The Morgan fingerprint density at radius 2 is 2.33 bits per heavy atom. The maximum Gasteiger partial charge on any atom is 0.319 e. The van der Waals surface area contributed by atoms with Crippen molar-refractivity contribution in [1.29, 1.82) is 0 Å². The number of hydrogen-bond donors (Lipinski definition) is 0. The summed E-state index contributed by atoms with van der Waals surface area (Å²) in [5.41, 5.74) is 0.492. The molecule has 0 saturated heterocycles. The molecule has 0 radical (unpaired) electrons. The van der Waals surface area contributed by atoms with Gasteiger partial charge in [0.2, 0.25) is 0 Å². The van der Waals surface area contributed by atoms with Crippen molar-refractivity contribution < 1.29 is 9.53 Å². The Labute approximate surface area is 117 Å². The SMILES string of the molecule is CCOC(=O)C1(c2nc3cc(Br)ccc3s2)CC1. The summed E-state index contributed by atoms with van der Waals surface area (Å²) in [6.07, 6.45) is 1.71. The van der Waals surface area contributed by atoms with Gasteiger partial charge < -0.3 is 4.74 Å². The Morgan fingerprint density at radius 3 is 3.00 bits per heavy atom. The average molecular weight is 326 g/mol. The van der Waals surface area contributed by atoms with Crippen molar-refractivity contribution in [3.05, 3.63) is 27.7 Å². The number of benzene rings is 1. The van der Waals surface area contributed by atoms with E-state index < -0.39 is 5.41 Å². The number of fused-ring (bicyclic) bond motifs is 1. The number of thiazole rings is 1. The molecule has 1 heterocycles. The smallest absolute Gasteiger partial charge is 0.319 e. The Bertz CT molecular complexity index is 618. The van der Waals surface area contributed by atoms with Gasteiger partial charge in [0.15, 0.2) is 0 Å². The molecular weight excluding hydrogens is 314 g/mol. The van der Waals surface area contributed by atoms with E-state index in [4.69, 9.17) is 4.74 Å². The fraction of sp³-hybridized carbons (Fsp3) is 0.385. The fourth-order valence-corrected chi connectivity index (χ4v) is 3.53.